The molecule has 0 aliphatic heterocycles. The standard InChI is InChI=1S/C12H16N2O4/c1-12(2,18-3)7-10(15)14-9-6-4-5-8(13-9)11(16)17/h4-6H,7H2,1-3H3,(H,16,17)(H,13,14,15). The van der Waals surface area contributed by atoms with Gasteiger partial charge in [-0.15, -0.1) is 0 Å². The lowest BCUT2D eigenvalue weighted by atomic mass is 10.1. The second-order valence-corrected chi connectivity index (χ2v) is 4.40. The van der Waals surface area contributed by atoms with E-state index in [-0.39, 0.29) is 23.8 Å². The van der Waals surface area contributed by atoms with Crippen molar-refractivity contribution in [2.24, 2.45) is 0 Å². The Bertz CT molecular complexity index is 457. The van der Waals surface area contributed by atoms with E-state index >= 15 is 0 Å². The molecule has 98 valence electrons. The smallest absolute Gasteiger partial charge is 0.354 e. The van der Waals surface area contributed by atoms with Crippen LogP contribution in [0.2, 0.25) is 0 Å². The first-order chi connectivity index (χ1) is 8.34. The first-order valence-electron chi connectivity index (χ1n) is 5.39. The van der Waals surface area contributed by atoms with Crippen molar-refractivity contribution in [2.45, 2.75) is 25.9 Å². The van der Waals surface area contributed by atoms with Gasteiger partial charge in [-0.25, -0.2) is 9.78 Å². The van der Waals surface area contributed by atoms with Crippen molar-refractivity contribution in [1.29, 1.82) is 0 Å². The summed E-state index contributed by atoms with van der Waals surface area (Å²) >= 11 is 0. The van der Waals surface area contributed by atoms with Crippen LogP contribution in [0, 0.1) is 0 Å². The van der Waals surface area contributed by atoms with Gasteiger partial charge in [-0.1, -0.05) is 6.07 Å². The molecule has 0 fully saturated rings. The fraction of sp³-hybridized carbons (Fsp3) is 0.417. The van der Waals surface area contributed by atoms with Crippen molar-refractivity contribution in [3.63, 3.8) is 0 Å². The molecule has 0 spiro atoms. The van der Waals surface area contributed by atoms with E-state index in [9.17, 15) is 9.59 Å². The molecule has 1 aromatic rings. The predicted octanol–water partition coefficient (Wildman–Crippen LogP) is 1.53. The zero-order chi connectivity index (χ0) is 13.8. The molecule has 0 aromatic carbocycles. The Morgan fingerprint density at radius 3 is 2.67 bits per heavy atom. The highest BCUT2D eigenvalue weighted by atomic mass is 16.5. The Hall–Kier alpha value is -1.95. The molecule has 0 aliphatic carbocycles. The van der Waals surface area contributed by atoms with Crippen LogP contribution >= 0.6 is 0 Å². The highest BCUT2D eigenvalue weighted by molar-refractivity contribution is 5.91. The summed E-state index contributed by atoms with van der Waals surface area (Å²) in [5.74, 6) is -1.20. The molecular weight excluding hydrogens is 236 g/mol. The van der Waals surface area contributed by atoms with Gasteiger partial charge >= 0.3 is 5.97 Å². The molecule has 1 amide bonds. The first kappa shape index (κ1) is 14.1. The predicted molar refractivity (Wildman–Crippen MR) is 65.5 cm³/mol. The minimum absolute atomic E-state index is 0.112. The summed E-state index contributed by atoms with van der Waals surface area (Å²) in [5.41, 5.74) is -0.687. The number of nitrogens with one attached hydrogen (secondary N) is 1. The lowest BCUT2D eigenvalue weighted by molar-refractivity contribution is -0.121. The molecule has 1 aromatic heterocycles. The molecule has 1 rings (SSSR count). The third-order valence-electron chi connectivity index (χ3n) is 2.37. The van der Waals surface area contributed by atoms with Crippen LogP contribution in [0.5, 0.6) is 0 Å². The second kappa shape index (κ2) is 5.59. The van der Waals surface area contributed by atoms with Gasteiger partial charge < -0.3 is 15.2 Å². The Balaban J connectivity index is 2.70. The van der Waals surface area contributed by atoms with Crippen LogP contribution < -0.4 is 5.32 Å². The lowest BCUT2D eigenvalue weighted by Gasteiger charge is -2.21. The summed E-state index contributed by atoms with van der Waals surface area (Å²) < 4.78 is 5.13. The number of carbonyl (C=O) groups is 2. The van der Waals surface area contributed by atoms with Crippen molar-refractivity contribution in [1.82, 2.24) is 4.98 Å². The minimum atomic E-state index is -1.14. The molecule has 6 nitrogen and oxygen atoms in total. The molecule has 0 saturated heterocycles. The molecule has 0 unspecified atom stereocenters. The Morgan fingerprint density at radius 1 is 1.44 bits per heavy atom. The maximum atomic E-state index is 11.7. The number of rotatable bonds is 5. The number of methoxy groups -OCH3 is 1. The number of hydrogen-bond acceptors (Lipinski definition) is 4. The molecular formula is C12H16N2O4. The van der Waals surface area contributed by atoms with Gasteiger partial charge in [0, 0.05) is 7.11 Å². The van der Waals surface area contributed by atoms with Crippen LogP contribution in [-0.4, -0.2) is 34.7 Å². The first-order valence-corrected chi connectivity index (χ1v) is 5.39. The Morgan fingerprint density at radius 2 is 2.11 bits per heavy atom. The number of ether oxygens (including phenoxy) is 1. The van der Waals surface area contributed by atoms with Crippen molar-refractivity contribution in [2.75, 3.05) is 12.4 Å². The fourth-order valence-corrected chi connectivity index (χ4v) is 1.27. The number of anilines is 1. The number of aromatic carboxylic acids is 1. The summed E-state index contributed by atoms with van der Waals surface area (Å²) in [6.07, 6.45) is 0.155. The number of aromatic nitrogens is 1. The maximum absolute atomic E-state index is 11.7. The van der Waals surface area contributed by atoms with Gasteiger partial charge in [0.25, 0.3) is 0 Å². The fourth-order valence-electron chi connectivity index (χ4n) is 1.27. The number of carboxylic acids is 1. The highest BCUT2D eigenvalue weighted by Crippen LogP contribution is 2.14. The van der Waals surface area contributed by atoms with Crippen LogP contribution in [0.4, 0.5) is 5.82 Å². The van der Waals surface area contributed by atoms with Gasteiger partial charge in [-0.2, -0.15) is 0 Å². The normalized spacial score (nSPS) is 11.1. The van der Waals surface area contributed by atoms with Gasteiger partial charge in [-0.05, 0) is 26.0 Å². The average Bonchev–Trinajstić information content (AvgIpc) is 2.28. The van der Waals surface area contributed by atoms with Crippen LogP contribution in [-0.2, 0) is 9.53 Å². The number of amides is 1. The van der Waals surface area contributed by atoms with Gasteiger partial charge in [0.05, 0.1) is 12.0 Å². The van der Waals surface area contributed by atoms with Crippen LogP contribution in [0.25, 0.3) is 0 Å². The monoisotopic (exact) mass is 252 g/mol. The number of nitrogens with zero attached hydrogens (tertiary/aromatic N) is 1. The molecule has 6 heteroatoms. The van der Waals surface area contributed by atoms with Crippen LogP contribution in [0.1, 0.15) is 30.8 Å². The van der Waals surface area contributed by atoms with E-state index < -0.39 is 11.6 Å². The van der Waals surface area contributed by atoms with E-state index in [1.807, 2.05) is 0 Å². The molecule has 1 heterocycles. The largest absolute Gasteiger partial charge is 0.477 e. The van der Waals surface area contributed by atoms with Crippen LogP contribution in [0.15, 0.2) is 18.2 Å². The molecule has 0 atom stereocenters. The van der Waals surface area contributed by atoms with E-state index in [1.54, 1.807) is 13.8 Å². The van der Waals surface area contributed by atoms with Gasteiger partial charge in [0.2, 0.25) is 5.91 Å². The third kappa shape index (κ3) is 4.14. The van der Waals surface area contributed by atoms with Gasteiger partial charge in [0.1, 0.15) is 5.82 Å². The van der Waals surface area contributed by atoms with E-state index in [1.165, 1.54) is 25.3 Å². The van der Waals surface area contributed by atoms with Gasteiger partial charge in [0.15, 0.2) is 5.69 Å². The van der Waals surface area contributed by atoms with Crippen LogP contribution in [0.3, 0.4) is 0 Å². The maximum Gasteiger partial charge on any atom is 0.354 e. The zero-order valence-corrected chi connectivity index (χ0v) is 10.6. The topological polar surface area (TPSA) is 88.5 Å². The van der Waals surface area contributed by atoms with Crippen molar-refractivity contribution in [3.05, 3.63) is 23.9 Å². The van der Waals surface area contributed by atoms with E-state index in [0.29, 0.717) is 0 Å². The molecule has 0 saturated carbocycles. The quantitative estimate of drug-likeness (QED) is 0.829. The summed E-state index contributed by atoms with van der Waals surface area (Å²) in [6, 6.07) is 4.41. The van der Waals surface area contributed by atoms with Crippen molar-refractivity contribution < 1.29 is 19.4 Å². The molecule has 0 bridgehead atoms. The summed E-state index contributed by atoms with van der Waals surface area (Å²) in [7, 11) is 1.52. The average molecular weight is 252 g/mol. The second-order valence-electron chi connectivity index (χ2n) is 4.40. The van der Waals surface area contributed by atoms with E-state index in [2.05, 4.69) is 10.3 Å². The number of hydrogen-bond donors (Lipinski definition) is 2. The van der Waals surface area contributed by atoms with E-state index in [0.717, 1.165) is 0 Å². The SMILES string of the molecule is COC(C)(C)CC(=O)Nc1cccc(C(=O)O)n1. The summed E-state index contributed by atoms with van der Waals surface area (Å²) in [4.78, 5) is 26.2. The highest BCUT2D eigenvalue weighted by Gasteiger charge is 2.21. The summed E-state index contributed by atoms with van der Waals surface area (Å²) in [5, 5.41) is 11.3. The number of carbonyl (C=O) groups excluding carboxylic acids is 1. The van der Waals surface area contributed by atoms with Gasteiger partial charge in [-0.3, -0.25) is 4.79 Å². The van der Waals surface area contributed by atoms with Crippen molar-refractivity contribution in [3.8, 4) is 0 Å². The van der Waals surface area contributed by atoms with E-state index in [4.69, 9.17) is 9.84 Å². The third-order valence-corrected chi connectivity index (χ3v) is 2.37. The molecule has 2 N–H and O–H groups in total. The van der Waals surface area contributed by atoms with Crippen molar-refractivity contribution >= 4 is 17.7 Å². The lowest BCUT2D eigenvalue weighted by Crippen LogP contribution is -2.29. The minimum Gasteiger partial charge on any atom is -0.477 e. The Labute approximate surface area is 105 Å². The summed E-state index contributed by atoms with van der Waals surface area (Å²) in [6.45, 7) is 3.57. The molecule has 18 heavy (non-hydrogen) atoms. The Kier molecular flexibility index (Phi) is 4.38. The zero-order valence-electron chi connectivity index (χ0n) is 10.6. The molecule has 0 aliphatic rings. The number of carboxylic acid groups (broad SMARTS) is 1. The molecule has 0 radical (unpaired) electrons. The number of pyridine rings is 1.